The van der Waals surface area contributed by atoms with Crippen molar-refractivity contribution in [3.05, 3.63) is 95.6 Å². The molecule has 1 heterocycles. The van der Waals surface area contributed by atoms with E-state index in [1.165, 1.54) is 11.8 Å². The average Bonchev–Trinajstić information content (AvgIpc) is 2.94. The summed E-state index contributed by atoms with van der Waals surface area (Å²) < 4.78 is 5.31. The van der Waals surface area contributed by atoms with Crippen LogP contribution in [0.4, 0.5) is 5.69 Å². The van der Waals surface area contributed by atoms with E-state index in [1.54, 1.807) is 7.11 Å². The molecule has 0 saturated carbocycles. The molecule has 0 fully saturated rings. The minimum absolute atomic E-state index is 0.129. The molecule has 37 heavy (non-hydrogen) atoms. The van der Waals surface area contributed by atoms with Crippen LogP contribution in [0.15, 0.2) is 83.9 Å². The number of nitrogens with zero attached hydrogens (tertiary/aromatic N) is 2. The number of ether oxygens (including phenoxy) is 1. The number of carbonyl (C=O) groups is 1. The molecule has 1 amide bonds. The van der Waals surface area contributed by atoms with E-state index in [0.717, 1.165) is 51.4 Å². The van der Waals surface area contributed by atoms with Gasteiger partial charge in [0.1, 0.15) is 16.8 Å². The summed E-state index contributed by atoms with van der Waals surface area (Å²) in [5, 5.41) is 13.3. The van der Waals surface area contributed by atoms with Gasteiger partial charge < -0.3 is 10.1 Å². The minimum Gasteiger partial charge on any atom is -0.497 e. The number of aryl methyl sites for hydroxylation is 2. The van der Waals surface area contributed by atoms with Crippen LogP contribution < -0.4 is 10.1 Å². The molecular formula is C31H29N3O2S. The van der Waals surface area contributed by atoms with Crippen molar-refractivity contribution in [2.24, 2.45) is 0 Å². The Bertz CT molecular complexity index is 1440. The molecular weight excluding hydrogens is 478 g/mol. The van der Waals surface area contributed by atoms with Crippen LogP contribution in [0.3, 0.4) is 0 Å². The lowest BCUT2D eigenvalue weighted by molar-refractivity contribution is -0.115. The Morgan fingerprint density at radius 1 is 1.05 bits per heavy atom. The van der Waals surface area contributed by atoms with Gasteiger partial charge in [0.2, 0.25) is 5.91 Å². The van der Waals surface area contributed by atoms with Crippen molar-refractivity contribution in [2.45, 2.75) is 37.5 Å². The van der Waals surface area contributed by atoms with Gasteiger partial charge in [-0.3, -0.25) is 4.79 Å². The number of thioether (sulfide) groups is 1. The topological polar surface area (TPSA) is 75.0 Å². The van der Waals surface area contributed by atoms with Gasteiger partial charge in [0, 0.05) is 16.8 Å². The first-order chi connectivity index (χ1) is 17.9. The zero-order valence-electron chi connectivity index (χ0n) is 21.4. The van der Waals surface area contributed by atoms with E-state index >= 15 is 0 Å². The van der Waals surface area contributed by atoms with E-state index in [4.69, 9.17) is 9.72 Å². The van der Waals surface area contributed by atoms with Gasteiger partial charge >= 0.3 is 0 Å². The van der Waals surface area contributed by atoms with E-state index in [9.17, 15) is 10.1 Å². The molecule has 0 aliphatic carbocycles. The highest BCUT2D eigenvalue weighted by Gasteiger charge is 2.22. The van der Waals surface area contributed by atoms with E-state index < -0.39 is 5.25 Å². The Hall–Kier alpha value is -4.08. The van der Waals surface area contributed by atoms with Crippen LogP contribution in [0.5, 0.6) is 5.75 Å². The molecule has 3 aromatic carbocycles. The lowest BCUT2D eigenvalue weighted by Gasteiger charge is -2.18. The van der Waals surface area contributed by atoms with Crippen LogP contribution in [0.1, 0.15) is 30.5 Å². The predicted octanol–water partition coefficient (Wildman–Crippen LogP) is 7.29. The second kappa shape index (κ2) is 11.8. The fourth-order valence-electron chi connectivity index (χ4n) is 4.12. The van der Waals surface area contributed by atoms with E-state index in [2.05, 4.69) is 18.3 Å². The number of nitrogens with one attached hydrogen (secondary N) is 1. The van der Waals surface area contributed by atoms with E-state index in [1.807, 2.05) is 92.7 Å². The maximum Gasteiger partial charge on any atom is 0.237 e. The first-order valence-corrected chi connectivity index (χ1v) is 13.0. The Morgan fingerprint density at radius 2 is 1.78 bits per heavy atom. The van der Waals surface area contributed by atoms with Crippen molar-refractivity contribution in [3.8, 4) is 34.2 Å². The molecule has 0 saturated heterocycles. The van der Waals surface area contributed by atoms with Crippen molar-refractivity contribution in [1.29, 1.82) is 5.26 Å². The SMILES string of the molecule is CCc1cccc(C)c1NC(=O)C(C)Sc1nc(-c2ccccc2)cc(-c2ccc(OC)cc2)c1C#N. The van der Waals surface area contributed by atoms with Crippen LogP contribution >= 0.6 is 11.8 Å². The fraction of sp³-hybridized carbons (Fsp3) is 0.194. The van der Waals surface area contributed by atoms with Crippen molar-refractivity contribution < 1.29 is 9.53 Å². The highest BCUT2D eigenvalue weighted by atomic mass is 32.2. The number of nitriles is 1. The highest BCUT2D eigenvalue weighted by molar-refractivity contribution is 8.00. The third-order valence-corrected chi connectivity index (χ3v) is 7.30. The largest absolute Gasteiger partial charge is 0.497 e. The van der Waals surface area contributed by atoms with E-state index in [-0.39, 0.29) is 5.91 Å². The molecule has 186 valence electrons. The molecule has 1 aromatic heterocycles. The van der Waals surface area contributed by atoms with Crippen LogP contribution in [-0.4, -0.2) is 23.3 Å². The summed E-state index contributed by atoms with van der Waals surface area (Å²) >= 11 is 1.30. The Balaban J connectivity index is 1.73. The maximum absolute atomic E-state index is 13.3. The molecule has 5 nitrogen and oxygen atoms in total. The summed E-state index contributed by atoms with van der Waals surface area (Å²) in [6.07, 6.45) is 0.823. The van der Waals surface area contributed by atoms with Crippen molar-refractivity contribution in [2.75, 3.05) is 12.4 Å². The zero-order chi connectivity index (χ0) is 26.4. The Morgan fingerprint density at radius 3 is 2.43 bits per heavy atom. The molecule has 1 unspecified atom stereocenters. The van der Waals surface area contributed by atoms with Crippen molar-refractivity contribution in [3.63, 3.8) is 0 Å². The van der Waals surface area contributed by atoms with Crippen LogP contribution in [-0.2, 0) is 11.2 Å². The smallest absolute Gasteiger partial charge is 0.237 e. The number of para-hydroxylation sites is 1. The molecule has 0 aliphatic rings. The van der Waals surface area contributed by atoms with Crippen molar-refractivity contribution in [1.82, 2.24) is 4.98 Å². The predicted molar refractivity (Wildman–Crippen MR) is 151 cm³/mol. The molecule has 1 atom stereocenters. The van der Waals surface area contributed by atoms with Crippen LogP contribution in [0, 0.1) is 18.3 Å². The third-order valence-electron chi connectivity index (χ3n) is 6.21. The average molecular weight is 508 g/mol. The summed E-state index contributed by atoms with van der Waals surface area (Å²) in [6.45, 7) is 5.91. The molecule has 0 spiro atoms. The molecule has 0 aliphatic heterocycles. The van der Waals surface area contributed by atoms with Crippen molar-refractivity contribution >= 4 is 23.4 Å². The highest BCUT2D eigenvalue weighted by Crippen LogP contribution is 2.36. The molecule has 6 heteroatoms. The summed E-state index contributed by atoms with van der Waals surface area (Å²) in [7, 11) is 1.62. The van der Waals surface area contributed by atoms with E-state index in [0.29, 0.717) is 10.6 Å². The fourth-order valence-corrected chi connectivity index (χ4v) is 5.04. The maximum atomic E-state index is 13.3. The summed E-state index contributed by atoms with van der Waals surface area (Å²) in [5.74, 6) is 0.609. The summed E-state index contributed by atoms with van der Waals surface area (Å²) in [4.78, 5) is 18.1. The third kappa shape index (κ3) is 5.84. The quantitative estimate of drug-likeness (QED) is 0.254. The van der Waals surface area contributed by atoms with Gasteiger partial charge in [-0.05, 0) is 55.2 Å². The number of carbonyl (C=O) groups excluding carboxylic acids is 1. The monoisotopic (exact) mass is 507 g/mol. The number of hydrogen-bond donors (Lipinski definition) is 1. The second-order valence-corrected chi connectivity index (χ2v) is 9.98. The number of amides is 1. The minimum atomic E-state index is -0.473. The number of aromatic nitrogens is 1. The second-order valence-electron chi connectivity index (χ2n) is 8.65. The standard InChI is InChI=1S/C31H29N3O2S/c1-5-22-13-9-10-20(2)29(22)34-30(35)21(3)37-31-27(19-32)26(23-14-16-25(36-4)17-15-23)18-28(33-31)24-11-7-6-8-12-24/h6-18,21H,5H2,1-4H3,(H,34,35). The molecule has 4 rings (SSSR count). The van der Waals surface area contributed by atoms with Gasteiger partial charge in [-0.15, -0.1) is 0 Å². The molecule has 1 N–H and O–H groups in total. The number of hydrogen-bond acceptors (Lipinski definition) is 5. The molecule has 0 bridgehead atoms. The number of rotatable bonds is 8. The van der Waals surface area contributed by atoms with Gasteiger partial charge in [0.25, 0.3) is 0 Å². The Labute approximate surface area is 222 Å². The van der Waals surface area contributed by atoms with Gasteiger partial charge in [-0.1, -0.05) is 79.3 Å². The number of benzene rings is 3. The Kier molecular flexibility index (Phi) is 8.27. The molecule has 0 radical (unpaired) electrons. The normalized spacial score (nSPS) is 11.4. The molecule has 4 aromatic rings. The summed E-state index contributed by atoms with van der Waals surface area (Å²) in [5.41, 5.74) is 6.74. The lowest BCUT2D eigenvalue weighted by atomic mass is 9.99. The van der Waals surface area contributed by atoms with Crippen LogP contribution in [0.25, 0.3) is 22.4 Å². The van der Waals surface area contributed by atoms with Gasteiger partial charge in [0.05, 0.1) is 23.6 Å². The zero-order valence-corrected chi connectivity index (χ0v) is 22.2. The first-order valence-electron chi connectivity index (χ1n) is 12.2. The van der Waals surface area contributed by atoms with Gasteiger partial charge in [-0.2, -0.15) is 5.26 Å². The van der Waals surface area contributed by atoms with Crippen LogP contribution in [0.2, 0.25) is 0 Å². The van der Waals surface area contributed by atoms with Gasteiger partial charge in [0.15, 0.2) is 0 Å². The lowest BCUT2D eigenvalue weighted by Crippen LogP contribution is -2.24. The summed E-state index contributed by atoms with van der Waals surface area (Å²) in [6, 6.07) is 27.7. The van der Waals surface area contributed by atoms with Gasteiger partial charge in [-0.25, -0.2) is 4.98 Å². The first kappa shape index (κ1) is 26.0. The number of pyridine rings is 1. The number of methoxy groups -OCH3 is 1. The number of anilines is 1.